The molecule has 0 spiro atoms. The van der Waals surface area contributed by atoms with Crippen molar-refractivity contribution >= 4 is 17.8 Å². The number of nitro benzene ring substituents is 1. The van der Waals surface area contributed by atoms with Crippen molar-refractivity contribution in [2.75, 3.05) is 6.79 Å². The number of ether oxygens (including phenoxy) is 3. The van der Waals surface area contributed by atoms with Gasteiger partial charge in [-0.25, -0.2) is 5.43 Å². The zero-order valence-electron chi connectivity index (χ0n) is 16.9. The van der Waals surface area contributed by atoms with Gasteiger partial charge in [0.2, 0.25) is 12.7 Å². The first-order valence-electron chi connectivity index (χ1n) is 9.74. The first-order valence-corrected chi connectivity index (χ1v) is 9.74. The first-order chi connectivity index (χ1) is 15.6. The van der Waals surface area contributed by atoms with E-state index in [1.165, 1.54) is 18.3 Å². The van der Waals surface area contributed by atoms with Gasteiger partial charge in [0, 0.05) is 17.7 Å². The smallest absolute Gasteiger partial charge is 0.269 e. The minimum atomic E-state index is -0.447. The highest BCUT2D eigenvalue weighted by Gasteiger charge is 2.14. The predicted molar refractivity (Wildman–Crippen MR) is 116 cm³/mol. The van der Waals surface area contributed by atoms with Gasteiger partial charge in [0.1, 0.15) is 12.4 Å². The van der Waals surface area contributed by atoms with Gasteiger partial charge in [-0.15, -0.1) is 0 Å². The number of carbonyl (C=O) groups is 1. The molecule has 1 amide bonds. The minimum Gasteiger partial charge on any atom is -0.488 e. The predicted octanol–water partition coefficient (Wildman–Crippen LogP) is 3.60. The lowest BCUT2D eigenvalue weighted by Gasteiger charge is -2.09. The number of hydrogen-bond donors (Lipinski definition) is 1. The second-order valence-corrected chi connectivity index (χ2v) is 6.91. The Morgan fingerprint density at radius 1 is 1.06 bits per heavy atom. The number of non-ortho nitro benzene ring substituents is 1. The molecule has 3 aromatic carbocycles. The molecule has 0 saturated carbocycles. The Morgan fingerprint density at radius 3 is 2.62 bits per heavy atom. The standard InChI is InChI=1S/C23H19N3O6/c27-23(12-17-7-10-21-22(11-17)32-15-31-21)25-24-13-18-3-1-2-4-20(18)30-14-16-5-8-19(9-6-16)26(28)29/h1-11,13H,12,14-15H2,(H,25,27)/b24-13-. The highest BCUT2D eigenvalue weighted by atomic mass is 16.7. The summed E-state index contributed by atoms with van der Waals surface area (Å²) < 4.78 is 16.4. The van der Waals surface area contributed by atoms with E-state index < -0.39 is 4.92 Å². The number of amides is 1. The van der Waals surface area contributed by atoms with Crippen LogP contribution in [0.3, 0.4) is 0 Å². The fourth-order valence-electron chi connectivity index (χ4n) is 3.04. The van der Waals surface area contributed by atoms with Gasteiger partial charge >= 0.3 is 0 Å². The van der Waals surface area contributed by atoms with Crippen molar-refractivity contribution in [3.8, 4) is 17.2 Å². The van der Waals surface area contributed by atoms with E-state index in [0.29, 0.717) is 22.8 Å². The number of nitro groups is 1. The van der Waals surface area contributed by atoms with Crippen molar-refractivity contribution in [2.24, 2.45) is 5.10 Å². The minimum absolute atomic E-state index is 0.0257. The molecule has 0 bridgehead atoms. The quantitative estimate of drug-likeness (QED) is 0.330. The number of rotatable bonds is 8. The Morgan fingerprint density at radius 2 is 1.81 bits per heavy atom. The summed E-state index contributed by atoms with van der Waals surface area (Å²) in [6.45, 7) is 0.417. The van der Waals surface area contributed by atoms with Crippen molar-refractivity contribution in [1.82, 2.24) is 5.43 Å². The van der Waals surface area contributed by atoms with E-state index in [0.717, 1.165) is 11.1 Å². The van der Waals surface area contributed by atoms with Crippen LogP contribution in [0.2, 0.25) is 0 Å². The van der Waals surface area contributed by atoms with Crippen LogP contribution >= 0.6 is 0 Å². The first kappa shape index (κ1) is 20.9. The number of nitrogens with one attached hydrogen (secondary N) is 1. The highest BCUT2D eigenvalue weighted by molar-refractivity contribution is 5.85. The third-order valence-corrected chi connectivity index (χ3v) is 4.66. The molecule has 32 heavy (non-hydrogen) atoms. The molecule has 1 heterocycles. The largest absolute Gasteiger partial charge is 0.488 e. The monoisotopic (exact) mass is 433 g/mol. The van der Waals surface area contributed by atoms with Crippen molar-refractivity contribution in [2.45, 2.75) is 13.0 Å². The van der Waals surface area contributed by atoms with Crippen LogP contribution in [0.15, 0.2) is 71.8 Å². The van der Waals surface area contributed by atoms with Crippen LogP contribution in [0, 0.1) is 10.1 Å². The molecule has 1 N–H and O–H groups in total. The van der Waals surface area contributed by atoms with E-state index in [4.69, 9.17) is 14.2 Å². The lowest BCUT2D eigenvalue weighted by Crippen LogP contribution is -2.19. The molecule has 9 nitrogen and oxygen atoms in total. The van der Waals surface area contributed by atoms with E-state index in [1.54, 1.807) is 42.5 Å². The van der Waals surface area contributed by atoms with E-state index in [-0.39, 0.29) is 31.4 Å². The van der Waals surface area contributed by atoms with Gasteiger partial charge < -0.3 is 14.2 Å². The van der Waals surface area contributed by atoms with Crippen molar-refractivity contribution < 1.29 is 23.9 Å². The molecule has 1 aliphatic heterocycles. The fraction of sp³-hybridized carbons (Fsp3) is 0.130. The van der Waals surface area contributed by atoms with Gasteiger partial charge in [-0.2, -0.15) is 5.10 Å². The number of hydrogen-bond acceptors (Lipinski definition) is 7. The summed E-state index contributed by atoms with van der Waals surface area (Å²) >= 11 is 0. The molecule has 0 aromatic heterocycles. The number of hydrazone groups is 1. The summed E-state index contributed by atoms with van der Waals surface area (Å²) in [6.07, 6.45) is 1.65. The Balaban J connectivity index is 1.33. The number of nitrogens with zero attached hydrogens (tertiary/aromatic N) is 2. The number of carbonyl (C=O) groups excluding carboxylic acids is 1. The van der Waals surface area contributed by atoms with Crippen molar-refractivity contribution in [1.29, 1.82) is 0 Å². The van der Waals surface area contributed by atoms with E-state index in [2.05, 4.69) is 10.5 Å². The summed E-state index contributed by atoms with van der Waals surface area (Å²) in [4.78, 5) is 22.5. The number of fused-ring (bicyclic) bond motifs is 1. The molecule has 4 rings (SSSR count). The topological polar surface area (TPSA) is 112 Å². The van der Waals surface area contributed by atoms with Gasteiger partial charge in [-0.05, 0) is 47.5 Å². The van der Waals surface area contributed by atoms with Gasteiger partial charge in [-0.1, -0.05) is 18.2 Å². The number of benzene rings is 3. The Bertz CT molecular complexity index is 1160. The van der Waals surface area contributed by atoms with Crippen LogP contribution in [-0.2, 0) is 17.8 Å². The van der Waals surface area contributed by atoms with Gasteiger partial charge in [0.15, 0.2) is 11.5 Å². The second-order valence-electron chi connectivity index (χ2n) is 6.91. The summed E-state index contributed by atoms with van der Waals surface area (Å²) in [5.74, 6) is 1.58. The molecule has 0 atom stereocenters. The maximum atomic E-state index is 12.2. The third-order valence-electron chi connectivity index (χ3n) is 4.66. The molecule has 0 aliphatic carbocycles. The molecular weight excluding hydrogens is 414 g/mol. The summed E-state index contributed by atoms with van der Waals surface area (Å²) in [6, 6.07) is 18.7. The van der Waals surface area contributed by atoms with Crippen LogP contribution in [0.4, 0.5) is 5.69 Å². The SMILES string of the molecule is O=C(Cc1ccc2c(c1)OCO2)N/N=C\c1ccccc1OCc1ccc([N+](=O)[O-])cc1. The molecule has 1 aliphatic rings. The molecule has 0 radical (unpaired) electrons. The van der Waals surface area contributed by atoms with Gasteiger partial charge in [-0.3, -0.25) is 14.9 Å². The molecular formula is C23H19N3O6. The third kappa shape index (κ3) is 5.20. The van der Waals surface area contributed by atoms with Gasteiger partial charge in [0.25, 0.3) is 5.69 Å². The van der Waals surface area contributed by atoms with E-state index in [9.17, 15) is 14.9 Å². The van der Waals surface area contributed by atoms with E-state index >= 15 is 0 Å². The molecule has 162 valence electrons. The average molecular weight is 433 g/mol. The molecule has 0 saturated heterocycles. The molecule has 3 aromatic rings. The highest BCUT2D eigenvalue weighted by Crippen LogP contribution is 2.32. The van der Waals surface area contributed by atoms with Crippen LogP contribution in [0.1, 0.15) is 16.7 Å². The molecule has 9 heteroatoms. The van der Waals surface area contributed by atoms with Gasteiger partial charge in [0.05, 0.1) is 17.6 Å². The summed E-state index contributed by atoms with van der Waals surface area (Å²) in [7, 11) is 0. The van der Waals surface area contributed by atoms with E-state index in [1.807, 2.05) is 12.1 Å². The summed E-state index contributed by atoms with van der Waals surface area (Å²) in [5.41, 5.74) is 4.79. The normalized spacial score (nSPS) is 12.0. The Kier molecular flexibility index (Phi) is 6.26. The van der Waals surface area contributed by atoms with Crippen molar-refractivity contribution in [3.63, 3.8) is 0 Å². The zero-order valence-corrected chi connectivity index (χ0v) is 16.9. The van der Waals surface area contributed by atoms with Crippen LogP contribution in [-0.4, -0.2) is 23.8 Å². The lowest BCUT2D eigenvalue weighted by molar-refractivity contribution is -0.384. The average Bonchev–Trinajstić information content (AvgIpc) is 3.26. The Labute approximate surface area is 183 Å². The summed E-state index contributed by atoms with van der Waals surface area (Å²) in [5, 5.41) is 14.8. The number of para-hydroxylation sites is 1. The zero-order chi connectivity index (χ0) is 22.3. The van der Waals surface area contributed by atoms with Crippen LogP contribution < -0.4 is 19.6 Å². The van der Waals surface area contributed by atoms with Crippen LogP contribution in [0.5, 0.6) is 17.2 Å². The fourth-order valence-corrected chi connectivity index (χ4v) is 3.04. The lowest BCUT2D eigenvalue weighted by atomic mass is 10.1. The van der Waals surface area contributed by atoms with Crippen LogP contribution in [0.25, 0.3) is 0 Å². The maximum Gasteiger partial charge on any atom is 0.269 e. The Hall–Kier alpha value is -4.40. The molecule has 0 unspecified atom stereocenters. The second kappa shape index (κ2) is 9.61. The van der Waals surface area contributed by atoms with Crippen molar-refractivity contribution in [3.05, 3.63) is 93.5 Å². The maximum absolute atomic E-state index is 12.2. The molecule has 0 fully saturated rings.